The molecule has 0 aliphatic heterocycles. The molecule has 0 saturated heterocycles. The summed E-state index contributed by atoms with van der Waals surface area (Å²) in [6.07, 6.45) is 0. The first-order valence-corrected chi connectivity index (χ1v) is 6.99. The van der Waals surface area contributed by atoms with E-state index in [0.29, 0.717) is 11.4 Å². The van der Waals surface area contributed by atoms with Gasteiger partial charge in [0.25, 0.3) is 5.91 Å². The van der Waals surface area contributed by atoms with Gasteiger partial charge >= 0.3 is 0 Å². The van der Waals surface area contributed by atoms with E-state index in [2.05, 4.69) is 5.32 Å². The Labute approximate surface area is 133 Å². The average Bonchev–Trinajstić information content (AvgIpc) is 2.53. The number of carbonyl (C=O) groups is 2. The molecule has 0 aliphatic rings. The van der Waals surface area contributed by atoms with Crippen LogP contribution in [0.15, 0.2) is 48.5 Å². The second-order valence-electron chi connectivity index (χ2n) is 4.89. The lowest BCUT2D eigenvalue weighted by molar-refractivity contribution is -0.118. The molecule has 0 bridgehead atoms. The number of nitrogens with zero attached hydrogens (tertiary/aromatic N) is 1. The molecule has 2 aromatic rings. The van der Waals surface area contributed by atoms with Crippen LogP contribution in [0.3, 0.4) is 0 Å². The smallest absolute Gasteiger partial charge is 0.262 e. The summed E-state index contributed by atoms with van der Waals surface area (Å²) in [6.45, 7) is 1.16. The van der Waals surface area contributed by atoms with Crippen LogP contribution >= 0.6 is 0 Å². The maximum atomic E-state index is 13.4. The number of amides is 2. The monoisotopic (exact) mass is 316 g/mol. The lowest BCUT2D eigenvalue weighted by Crippen LogP contribution is -2.26. The van der Waals surface area contributed by atoms with Crippen LogP contribution in [0.25, 0.3) is 0 Å². The number of para-hydroxylation sites is 1. The minimum Gasteiger partial charge on any atom is -0.484 e. The molecule has 23 heavy (non-hydrogen) atoms. The first kappa shape index (κ1) is 16.5. The molecule has 0 unspecified atom stereocenters. The lowest BCUT2D eigenvalue weighted by atomic mass is 10.2. The van der Waals surface area contributed by atoms with Crippen LogP contribution < -0.4 is 15.0 Å². The van der Waals surface area contributed by atoms with E-state index >= 15 is 0 Å². The van der Waals surface area contributed by atoms with Crippen molar-refractivity contribution in [3.63, 3.8) is 0 Å². The van der Waals surface area contributed by atoms with E-state index in [1.807, 2.05) is 6.07 Å². The highest BCUT2D eigenvalue weighted by molar-refractivity contribution is 6.00. The van der Waals surface area contributed by atoms with Crippen LogP contribution in [0, 0.1) is 5.82 Å². The number of hydrogen-bond donors (Lipinski definition) is 1. The van der Waals surface area contributed by atoms with Crippen LogP contribution in [0.2, 0.25) is 0 Å². The highest BCUT2D eigenvalue weighted by Gasteiger charge is 2.14. The Balaban J connectivity index is 2.08. The van der Waals surface area contributed by atoms with E-state index in [1.54, 1.807) is 31.3 Å². The number of carbonyl (C=O) groups excluding carboxylic acids is 2. The van der Waals surface area contributed by atoms with Crippen molar-refractivity contribution in [1.29, 1.82) is 0 Å². The molecule has 120 valence electrons. The van der Waals surface area contributed by atoms with E-state index in [-0.39, 0.29) is 18.2 Å². The van der Waals surface area contributed by atoms with Gasteiger partial charge in [0.1, 0.15) is 11.6 Å². The lowest BCUT2D eigenvalue weighted by Gasteiger charge is -2.19. The van der Waals surface area contributed by atoms with Crippen LogP contribution in [-0.4, -0.2) is 25.5 Å². The zero-order valence-corrected chi connectivity index (χ0v) is 12.9. The second kappa shape index (κ2) is 7.40. The molecule has 0 fully saturated rings. The molecule has 0 aliphatic carbocycles. The molecular formula is C17H17FN2O3. The number of ether oxygens (including phenoxy) is 1. The van der Waals surface area contributed by atoms with Crippen molar-refractivity contribution in [2.45, 2.75) is 6.92 Å². The normalized spacial score (nSPS) is 10.0. The van der Waals surface area contributed by atoms with E-state index in [0.717, 1.165) is 6.07 Å². The van der Waals surface area contributed by atoms with Crippen molar-refractivity contribution in [3.05, 3.63) is 54.3 Å². The van der Waals surface area contributed by atoms with Crippen LogP contribution in [-0.2, 0) is 9.59 Å². The van der Waals surface area contributed by atoms with Gasteiger partial charge in [-0.15, -0.1) is 0 Å². The molecule has 6 heteroatoms. The number of hydrogen-bond acceptors (Lipinski definition) is 3. The third-order valence-electron chi connectivity index (χ3n) is 3.18. The van der Waals surface area contributed by atoms with Gasteiger partial charge in [0.15, 0.2) is 6.61 Å². The average molecular weight is 316 g/mol. The topological polar surface area (TPSA) is 58.6 Å². The van der Waals surface area contributed by atoms with Gasteiger partial charge in [-0.2, -0.15) is 0 Å². The Morgan fingerprint density at radius 1 is 1.17 bits per heavy atom. The fourth-order valence-electron chi connectivity index (χ4n) is 1.92. The Morgan fingerprint density at radius 2 is 1.87 bits per heavy atom. The highest BCUT2D eigenvalue weighted by atomic mass is 19.1. The summed E-state index contributed by atoms with van der Waals surface area (Å²) in [7, 11) is 1.55. The Kier molecular flexibility index (Phi) is 5.30. The molecule has 2 aromatic carbocycles. The number of nitrogens with one attached hydrogen (secondary N) is 1. The Hall–Kier alpha value is -2.89. The van der Waals surface area contributed by atoms with Gasteiger partial charge in [-0.3, -0.25) is 9.59 Å². The third kappa shape index (κ3) is 4.54. The minimum absolute atomic E-state index is 0.212. The summed E-state index contributed by atoms with van der Waals surface area (Å²) in [5.74, 6) is -0.627. The SMILES string of the molecule is CC(=O)N(C)c1ccc(F)cc1NC(=O)COc1ccccc1. The molecule has 0 saturated carbocycles. The fourth-order valence-corrected chi connectivity index (χ4v) is 1.92. The van der Waals surface area contributed by atoms with Gasteiger partial charge in [0.05, 0.1) is 11.4 Å². The molecule has 0 heterocycles. The van der Waals surface area contributed by atoms with Gasteiger partial charge < -0.3 is 15.0 Å². The molecule has 1 N–H and O–H groups in total. The van der Waals surface area contributed by atoms with Crippen molar-refractivity contribution in [2.24, 2.45) is 0 Å². The minimum atomic E-state index is -0.509. The Morgan fingerprint density at radius 3 is 2.52 bits per heavy atom. The molecule has 0 atom stereocenters. The maximum Gasteiger partial charge on any atom is 0.262 e. The highest BCUT2D eigenvalue weighted by Crippen LogP contribution is 2.26. The van der Waals surface area contributed by atoms with Crippen LogP contribution in [0.4, 0.5) is 15.8 Å². The molecular weight excluding hydrogens is 299 g/mol. The standard InChI is InChI=1S/C17H17FN2O3/c1-12(21)20(2)16-9-8-13(18)10-15(16)19-17(22)11-23-14-6-4-3-5-7-14/h3-10H,11H2,1-2H3,(H,19,22). The molecule has 5 nitrogen and oxygen atoms in total. The van der Waals surface area contributed by atoms with E-state index in [1.165, 1.54) is 24.0 Å². The largest absolute Gasteiger partial charge is 0.484 e. The molecule has 2 amide bonds. The van der Waals surface area contributed by atoms with Gasteiger partial charge in [-0.25, -0.2) is 4.39 Å². The number of halogens is 1. The first-order chi connectivity index (χ1) is 11.0. The zero-order valence-electron chi connectivity index (χ0n) is 12.9. The molecule has 0 radical (unpaired) electrons. The number of anilines is 2. The summed E-state index contributed by atoms with van der Waals surface area (Å²) in [6, 6.07) is 12.7. The summed E-state index contributed by atoms with van der Waals surface area (Å²) in [4.78, 5) is 24.8. The second-order valence-corrected chi connectivity index (χ2v) is 4.89. The van der Waals surface area contributed by atoms with Crippen molar-refractivity contribution >= 4 is 23.2 Å². The van der Waals surface area contributed by atoms with E-state index in [9.17, 15) is 14.0 Å². The number of benzene rings is 2. The van der Waals surface area contributed by atoms with Crippen LogP contribution in [0.5, 0.6) is 5.75 Å². The van der Waals surface area contributed by atoms with Crippen molar-refractivity contribution < 1.29 is 18.7 Å². The summed E-state index contributed by atoms with van der Waals surface area (Å²) >= 11 is 0. The van der Waals surface area contributed by atoms with Crippen LogP contribution in [0.1, 0.15) is 6.92 Å². The summed E-state index contributed by atoms with van der Waals surface area (Å²) in [5, 5.41) is 2.56. The van der Waals surface area contributed by atoms with Crippen molar-refractivity contribution in [2.75, 3.05) is 23.9 Å². The van der Waals surface area contributed by atoms with E-state index in [4.69, 9.17) is 4.74 Å². The van der Waals surface area contributed by atoms with Gasteiger partial charge in [0, 0.05) is 14.0 Å². The number of rotatable bonds is 5. The van der Waals surface area contributed by atoms with Gasteiger partial charge in [-0.1, -0.05) is 18.2 Å². The fraction of sp³-hybridized carbons (Fsp3) is 0.176. The van der Waals surface area contributed by atoms with Crippen molar-refractivity contribution in [3.8, 4) is 5.75 Å². The quantitative estimate of drug-likeness (QED) is 0.923. The van der Waals surface area contributed by atoms with E-state index < -0.39 is 11.7 Å². The van der Waals surface area contributed by atoms with Gasteiger partial charge in [-0.05, 0) is 30.3 Å². The predicted molar refractivity (Wildman–Crippen MR) is 86.1 cm³/mol. The van der Waals surface area contributed by atoms with Gasteiger partial charge in [0.2, 0.25) is 5.91 Å². The molecule has 0 aromatic heterocycles. The molecule has 0 spiro atoms. The summed E-state index contributed by atoms with van der Waals surface area (Å²) in [5.41, 5.74) is 0.622. The summed E-state index contributed by atoms with van der Waals surface area (Å²) < 4.78 is 18.8. The Bertz CT molecular complexity index is 704. The third-order valence-corrected chi connectivity index (χ3v) is 3.18. The van der Waals surface area contributed by atoms with Crippen molar-refractivity contribution in [1.82, 2.24) is 0 Å². The predicted octanol–water partition coefficient (Wildman–Crippen LogP) is 2.83. The first-order valence-electron chi connectivity index (χ1n) is 6.99. The molecule has 2 rings (SSSR count). The zero-order chi connectivity index (χ0) is 16.8. The maximum absolute atomic E-state index is 13.4.